The third-order valence-corrected chi connectivity index (χ3v) is 5.92. The van der Waals surface area contributed by atoms with Crippen molar-refractivity contribution in [1.82, 2.24) is 19.8 Å². The number of nitrogens with zero attached hydrogens (tertiary/aromatic N) is 3. The van der Waals surface area contributed by atoms with Crippen LogP contribution in [0.3, 0.4) is 0 Å². The first-order chi connectivity index (χ1) is 12.0. The molecule has 0 unspecified atom stereocenters. The number of piperidine rings is 1. The number of amides is 1. The summed E-state index contributed by atoms with van der Waals surface area (Å²) in [5, 5.41) is 9.80. The molecule has 1 amide bonds. The van der Waals surface area contributed by atoms with Gasteiger partial charge in [-0.05, 0) is 25.0 Å². The summed E-state index contributed by atoms with van der Waals surface area (Å²) >= 11 is 0. The number of aromatic nitrogens is 2. The van der Waals surface area contributed by atoms with Crippen LogP contribution in [0, 0.1) is 0 Å². The van der Waals surface area contributed by atoms with Gasteiger partial charge in [0, 0.05) is 6.54 Å². The van der Waals surface area contributed by atoms with Gasteiger partial charge >= 0.3 is 6.01 Å². The highest BCUT2D eigenvalue weighted by atomic mass is 32.2. The van der Waals surface area contributed by atoms with E-state index in [2.05, 4.69) is 15.5 Å². The van der Waals surface area contributed by atoms with Crippen molar-refractivity contribution < 1.29 is 17.6 Å². The van der Waals surface area contributed by atoms with Crippen LogP contribution in [0.5, 0.6) is 0 Å². The summed E-state index contributed by atoms with van der Waals surface area (Å²) in [7, 11) is -3.73. The van der Waals surface area contributed by atoms with Gasteiger partial charge in [0.2, 0.25) is 21.8 Å². The van der Waals surface area contributed by atoms with E-state index in [1.165, 1.54) is 16.4 Å². The Morgan fingerprint density at radius 3 is 2.72 bits per heavy atom. The highest BCUT2D eigenvalue weighted by molar-refractivity contribution is 7.89. The average Bonchev–Trinajstić information content (AvgIpc) is 3.06. The van der Waals surface area contributed by atoms with E-state index in [1.54, 1.807) is 18.2 Å². The lowest BCUT2D eigenvalue weighted by Gasteiger charge is -2.33. The van der Waals surface area contributed by atoms with Crippen LogP contribution in [-0.2, 0) is 21.4 Å². The maximum Gasteiger partial charge on any atom is 0.312 e. The van der Waals surface area contributed by atoms with E-state index in [0.717, 1.165) is 12.8 Å². The number of hydrogen-bond donors (Lipinski definition) is 2. The summed E-state index contributed by atoms with van der Waals surface area (Å²) in [4.78, 5) is 12.7. The van der Waals surface area contributed by atoms with Crippen LogP contribution < -0.4 is 11.1 Å². The van der Waals surface area contributed by atoms with Gasteiger partial charge in [-0.2, -0.15) is 4.31 Å². The SMILES string of the molecule is Nc1nnc(CNC(=O)[C@H]2CCCCN2S(=O)(=O)c2ccccc2)o1. The normalized spacial score (nSPS) is 18.8. The number of carbonyl (C=O) groups is 1. The number of nitrogens with one attached hydrogen (secondary N) is 1. The molecule has 1 aromatic heterocycles. The summed E-state index contributed by atoms with van der Waals surface area (Å²) < 4.78 is 32.0. The highest BCUT2D eigenvalue weighted by Crippen LogP contribution is 2.25. The van der Waals surface area contributed by atoms with Gasteiger partial charge in [0.15, 0.2) is 0 Å². The second-order valence-corrected chi connectivity index (χ2v) is 7.58. The van der Waals surface area contributed by atoms with Crippen LogP contribution in [-0.4, -0.2) is 41.4 Å². The van der Waals surface area contributed by atoms with Crippen LogP contribution in [0.4, 0.5) is 6.01 Å². The van der Waals surface area contributed by atoms with Gasteiger partial charge in [-0.15, -0.1) is 5.10 Å². The molecule has 9 nitrogen and oxygen atoms in total. The number of hydrogen-bond acceptors (Lipinski definition) is 7. The van der Waals surface area contributed by atoms with Crippen molar-refractivity contribution in [1.29, 1.82) is 0 Å². The Morgan fingerprint density at radius 1 is 1.28 bits per heavy atom. The zero-order valence-corrected chi connectivity index (χ0v) is 14.3. The number of nitrogen functional groups attached to an aromatic ring is 1. The molecule has 1 atom stereocenters. The maximum atomic E-state index is 12.9. The van der Waals surface area contributed by atoms with E-state index in [-0.39, 0.29) is 23.3 Å². The number of carbonyl (C=O) groups excluding carboxylic acids is 1. The molecule has 10 heteroatoms. The van der Waals surface area contributed by atoms with Gasteiger partial charge in [-0.1, -0.05) is 29.7 Å². The number of sulfonamides is 1. The molecule has 0 aliphatic carbocycles. The molecule has 0 saturated carbocycles. The van der Waals surface area contributed by atoms with Crippen molar-refractivity contribution >= 4 is 21.9 Å². The largest absolute Gasteiger partial charge is 0.406 e. The Bertz CT molecular complexity index is 837. The Labute approximate surface area is 145 Å². The predicted molar refractivity (Wildman–Crippen MR) is 88.5 cm³/mol. The van der Waals surface area contributed by atoms with E-state index in [1.807, 2.05) is 0 Å². The zero-order chi connectivity index (χ0) is 17.9. The number of anilines is 1. The summed E-state index contributed by atoms with van der Waals surface area (Å²) in [6, 6.07) is 7.27. The fourth-order valence-electron chi connectivity index (χ4n) is 2.80. The molecular weight excluding hydrogens is 346 g/mol. The summed E-state index contributed by atoms with van der Waals surface area (Å²) in [5.41, 5.74) is 5.33. The van der Waals surface area contributed by atoms with Crippen LogP contribution in [0.2, 0.25) is 0 Å². The van der Waals surface area contributed by atoms with E-state index >= 15 is 0 Å². The van der Waals surface area contributed by atoms with Crippen LogP contribution in [0.25, 0.3) is 0 Å². The van der Waals surface area contributed by atoms with E-state index in [0.29, 0.717) is 13.0 Å². The molecule has 1 fully saturated rings. The molecule has 0 spiro atoms. The van der Waals surface area contributed by atoms with Crippen molar-refractivity contribution in [2.75, 3.05) is 12.3 Å². The molecule has 1 saturated heterocycles. The Balaban J connectivity index is 1.75. The number of nitrogens with two attached hydrogens (primary N) is 1. The van der Waals surface area contributed by atoms with Crippen molar-refractivity contribution in [3.8, 4) is 0 Å². The molecule has 2 aromatic rings. The zero-order valence-electron chi connectivity index (χ0n) is 13.5. The highest BCUT2D eigenvalue weighted by Gasteiger charge is 2.37. The number of rotatable bonds is 5. The van der Waals surface area contributed by atoms with Crippen molar-refractivity contribution in [3.05, 3.63) is 36.2 Å². The molecule has 3 rings (SSSR count). The van der Waals surface area contributed by atoms with Crippen LogP contribution in [0.1, 0.15) is 25.2 Å². The lowest BCUT2D eigenvalue weighted by atomic mass is 10.0. The van der Waals surface area contributed by atoms with Gasteiger partial charge < -0.3 is 15.5 Å². The van der Waals surface area contributed by atoms with E-state index in [9.17, 15) is 13.2 Å². The molecule has 3 N–H and O–H groups in total. The van der Waals surface area contributed by atoms with Gasteiger partial charge in [-0.25, -0.2) is 8.42 Å². The molecule has 1 aromatic carbocycles. The topological polar surface area (TPSA) is 131 Å². The lowest BCUT2D eigenvalue weighted by molar-refractivity contribution is -0.126. The Kier molecular flexibility index (Phi) is 5.00. The van der Waals surface area contributed by atoms with E-state index < -0.39 is 22.0 Å². The smallest absolute Gasteiger partial charge is 0.312 e. The minimum Gasteiger partial charge on any atom is -0.406 e. The van der Waals surface area contributed by atoms with Gasteiger partial charge in [0.1, 0.15) is 6.04 Å². The average molecular weight is 365 g/mol. The maximum absolute atomic E-state index is 12.9. The van der Waals surface area contributed by atoms with Crippen LogP contribution in [0.15, 0.2) is 39.6 Å². The predicted octanol–water partition coefficient (Wildman–Crippen LogP) is 0.511. The van der Waals surface area contributed by atoms with E-state index in [4.69, 9.17) is 10.2 Å². The molecule has 0 bridgehead atoms. The standard InChI is InChI=1S/C15H19N5O4S/c16-15-19-18-13(24-15)10-17-14(21)12-8-4-5-9-20(12)25(22,23)11-6-2-1-3-7-11/h1-3,6-7,12H,4-5,8-10H2,(H2,16,19)(H,17,21)/t12-/m1/s1. The summed E-state index contributed by atoms with van der Waals surface area (Å²) in [6.07, 6.45) is 1.96. The van der Waals surface area contributed by atoms with Crippen LogP contribution >= 0.6 is 0 Å². The molecule has 2 heterocycles. The summed E-state index contributed by atoms with van der Waals surface area (Å²) in [5.74, 6) is -0.227. The molecular formula is C15H19N5O4S. The van der Waals surface area contributed by atoms with Crippen molar-refractivity contribution in [2.45, 2.75) is 36.7 Å². The molecule has 1 aliphatic heterocycles. The second-order valence-electron chi connectivity index (χ2n) is 5.69. The van der Waals surface area contributed by atoms with Crippen molar-refractivity contribution in [3.63, 3.8) is 0 Å². The summed E-state index contributed by atoms with van der Waals surface area (Å²) in [6.45, 7) is 0.307. The van der Waals surface area contributed by atoms with Crippen molar-refractivity contribution in [2.24, 2.45) is 0 Å². The molecule has 134 valence electrons. The minimum atomic E-state index is -3.73. The Hall–Kier alpha value is -2.46. The fraction of sp³-hybridized carbons (Fsp3) is 0.400. The first-order valence-corrected chi connectivity index (χ1v) is 9.35. The first kappa shape index (κ1) is 17.4. The van der Waals surface area contributed by atoms with Gasteiger partial charge in [-0.3, -0.25) is 4.79 Å². The molecule has 25 heavy (non-hydrogen) atoms. The fourth-order valence-corrected chi connectivity index (χ4v) is 4.48. The first-order valence-electron chi connectivity index (χ1n) is 7.91. The second kappa shape index (κ2) is 7.19. The molecule has 1 aliphatic rings. The monoisotopic (exact) mass is 365 g/mol. The van der Waals surface area contributed by atoms with Gasteiger partial charge in [0.25, 0.3) is 0 Å². The number of benzene rings is 1. The quantitative estimate of drug-likeness (QED) is 0.789. The molecule has 0 radical (unpaired) electrons. The Morgan fingerprint density at radius 2 is 2.04 bits per heavy atom. The third kappa shape index (κ3) is 3.80. The van der Waals surface area contributed by atoms with Gasteiger partial charge in [0.05, 0.1) is 11.4 Å². The third-order valence-electron chi connectivity index (χ3n) is 4.00. The lowest BCUT2D eigenvalue weighted by Crippen LogP contribution is -2.51. The minimum absolute atomic E-state index is 0.00123.